The van der Waals surface area contributed by atoms with Crippen LogP contribution in [0.4, 0.5) is 5.69 Å². The number of halogens is 1. The van der Waals surface area contributed by atoms with Crippen LogP contribution in [0.25, 0.3) is 11.6 Å². The van der Waals surface area contributed by atoms with E-state index in [0.29, 0.717) is 11.3 Å². The van der Waals surface area contributed by atoms with Crippen molar-refractivity contribution in [3.05, 3.63) is 64.1 Å². The van der Waals surface area contributed by atoms with E-state index in [1.54, 1.807) is 6.07 Å². The molecule has 0 fully saturated rings. The monoisotopic (exact) mass is 341 g/mol. The molecule has 0 saturated carbocycles. The summed E-state index contributed by atoms with van der Waals surface area (Å²) in [5.74, 6) is -0.547. The summed E-state index contributed by atoms with van der Waals surface area (Å²) < 4.78 is 0.944. The van der Waals surface area contributed by atoms with Gasteiger partial charge in [0, 0.05) is 17.0 Å². The molecule has 0 N–H and O–H groups in total. The maximum atomic E-state index is 12.5. The SMILES string of the molecule is CC(=O)N1C(=O)/C(=C/c2cccc(Br)c2)c2ccccc21. The van der Waals surface area contributed by atoms with Gasteiger partial charge in [0.2, 0.25) is 5.91 Å². The predicted octanol–water partition coefficient (Wildman–Crippen LogP) is 3.88. The van der Waals surface area contributed by atoms with Gasteiger partial charge in [-0.3, -0.25) is 9.59 Å². The van der Waals surface area contributed by atoms with Crippen LogP contribution in [0.5, 0.6) is 0 Å². The topological polar surface area (TPSA) is 37.4 Å². The van der Waals surface area contributed by atoms with Crippen LogP contribution in [-0.2, 0) is 9.59 Å². The minimum Gasteiger partial charge on any atom is -0.274 e. The Balaban J connectivity index is 2.16. The number of hydrogen-bond acceptors (Lipinski definition) is 2. The third-order valence-electron chi connectivity index (χ3n) is 3.34. The highest BCUT2D eigenvalue weighted by molar-refractivity contribution is 9.10. The number of nitrogens with zero attached hydrogens (tertiary/aromatic N) is 1. The first-order chi connectivity index (χ1) is 10.1. The van der Waals surface area contributed by atoms with E-state index in [1.165, 1.54) is 11.8 Å². The molecule has 0 aliphatic carbocycles. The van der Waals surface area contributed by atoms with E-state index in [-0.39, 0.29) is 11.8 Å². The van der Waals surface area contributed by atoms with Crippen molar-refractivity contribution in [1.29, 1.82) is 0 Å². The Morgan fingerprint density at radius 1 is 1.14 bits per heavy atom. The van der Waals surface area contributed by atoms with Gasteiger partial charge >= 0.3 is 0 Å². The van der Waals surface area contributed by atoms with Crippen LogP contribution < -0.4 is 4.90 Å². The number of amides is 2. The van der Waals surface area contributed by atoms with Gasteiger partial charge < -0.3 is 0 Å². The fraction of sp³-hybridized carbons (Fsp3) is 0.0588. The Morgan fingerprint density at radius 3 is 2.62 bits per heavy atom. The van der Waals surface area contributed by atoms with Crippen LogP contribution in [-0.4, -0.2) is 11.8 Å². The van der Waals surface area contributed by atoms with Crippen molar-refractivity contribution in [2.24, 2.45) is 0 Å². The molecule has 21 heavy (non-hydrogen) atoms. The average molecular weight is 342 g/mol. The summed E-state index contributed by atoms with van der Waals surface area (Å²) in [5, 5.41) is 0. The lowest BCUT2D eigenvalue weighted by Crippen LogP contribution is -2.30. The molecule has 4 heteroatoms. The summed E-state index contributed by atoms with van der Waals surface area (Å²) in [6.07, 6.45) is 1.81. The molecule has 0 saturated heterocycles. The van der Waals surface area contributed by atoms with Crippen molar-refractivity contribution in [2.75, 3.05) is 4.90 Å². The van der Waals surface area contributed by atoms with E-state index < -0.39 is 0 Å². The number of carbonyl (C=O) groups is 2. The molecule has 0 radical (unpaired) electrons. The zero-order chi connectivity index (χ0) is 15.0. The van der Waals surface area contributed by atoms with Gasteiger partial charge in [-0.2, -0.15) is 0 Å². The number of hydrogen-bond donors (Lipinski definition) is 0. The Kier molecular flexibility index (Phi) is 3.47. The van der Waals surface area contributed by atoms with E-state index in [9.17, 15) is 9.59 Å². The Morgan fingerprint density at radius 2 is 1.90 bits per heavy atom. The normalized spacial score (nSPS) is 15.4. The highest BCUT2D eigenvalue weighted by Gasteiger charge is 2.34. The van der Waals surface area contributed by atoms with Crippen LogP contribution in [0.15, 0.2) is 53.0 Å². The van der Waals surface area contributed by atoms with Crippen molar-refractivity contribution < 1.29 is 9.59 Å². The summed E-state index contributed by atoms with van der Waals surface area (Å²) in [6, 6.07) is 15.0. The number of para-hydroxylation sites is 1. The molecule has 3 rings (SSSR count). The molecule has 2 amide bonds. The predicted molar refractivity (Wildman–Crippen MR) is 86.6 cm³/mol. The molecular weight excluding hydrogens is 330 g/mol. The van der Waals surface area contributed by atoms with E-state index >= 15 is 0 Å². The molecule has 2 aromatic carbocycles. The van der Waals surface area contributed by atoms with Crippen molar-refractivity contribution in [3.63, 3.8) is 0 Å². The first-order valence-electron chi connectivity index (χ1n) is 6.49. The van der Waals surface area contributed by atoms with Gasteiger partial charge in [0.05, 0.1) is 11.3 Å². The lowest BCUT2D eigenvalue weighted by atomic mass is 10.0. The second kappa shape index (κ2) is 5.30. The lowest BCUT2D eigenvalue weighted by molar-refractivity contribution is -0.122. The third-order valence-corrected chi connectivity index (χ3v) is 3.84. The summed E-state index contributed by atoms with van der Waals surface area (Å²) in [4.78, 5) is 25.5. The van der Waals surface area contributed by atoms with Crippen molar-refractivity contribution in [3.8, 4) is 0 Å². The summed E-state index contributed by atoms with van der Waals surface area (Å²) in [6.45, 7) is 1.40. The molecule has 1 aliphatic rings. The summed E-state index contributed by atoms with van der Waals surface area (Å²) in [5.41, 5.74) is 2.89. The molecular formula is C17H12BrNO2. The highest BCUT2D eigenvalue weighted by atomic mass is 79.9. The molecule has 1 aliphatic heterocycles. The first-order valence-corrected chi connectivity index (χ1v) is 7.29. The molecule has 2 aromatic rings. The Labute approximate surface area is 131 Å². The molecule has 0 bridgehead atoms. The molecule has 0 unspecified atom stereocenters. The van der Waals surface area contributed by atoms with Crippen molar-refractivity contribution in [1.82, 2.24) is 0 Å². The number of imide groups is 1. The van der Waals surface area contributed by atoms with Gasteiger partial charge in [-0.25, -0.2) is 4.90 Å². The lowest BCUT2D eigenvalue weighted by Gasteiger charge is -2.11. The number of rotatable bonds is 1. The molecule has 1 heterocycles. The van der Waals surface area contributed by atoms with Gasteiger partial charge in [-0.1, -0.05) is 46.3 Å². The maximum absolute atomic E-state index is 12.5. The molecule has 104 valence electrons. The van der Waals surface area contributed by atoms with E-state index in [0.717, 1.165) is 15.6 Å². The van der Waals surface area contributed by atoms with Gasteiger partial charge in [0.25, 0.3) is 5.91 Å². The van der Waals surface area contributed by atoms with Gasteiger partial charge in [-0.05, 0) is 29.8 Å². The zero-order valence-corrected chi connectivity index (χ0v) is 12.9. The van der Waals surface area contributed by atoms with Crippen LogP contribution in [0.2, 0.25) is 0 Å². The molecule has 0 atom stereocenters. The van der Waals surface area contributed by atoms with E-state index in [2.05, 4.69) is 15.9 Å². The third kappa shape index (κ3) is 2.43. The van der Waals surface area contributed by atoms with Crippen LogP contribution in [0, 0.1) is 0 Å². The molecule has 0 spiro atoms. The quantitative estimate of drug-likeness (QED) is 0.738. The molecule has 0 aromatic heterocycles. The van der Waals surface area contributed by atoms with Crippen LogP contribution in [0.3, 0.4) is 0 Å². The van der Waals surface area contributed by atoms with Crippen molar-refractivity contribution in [2.45, 2.75) is 6.92 Å². The number of carbonyl (C=O) groups excluding carboxylic acids is 2. The molecule has 3 nitrogen and oxygen atoms in total. The smallest absolute Gasteiger partial charge is 0.265 e. The largest absolute Gasteiger partial charge is 0.274 e. The maximum Gasteiger partial charge on any atom is 0.265 e. The van der Waals surface area contributed by atoms with Crippen LogP contribution in [0.1, 0.15) is 18.1 Å². The average Bonchev–Trinajstić information content (AvgIpc) is 2.72. The van der Waals surface area contributed by atoms with E-state index in [1.807, 2.05) is 48.5 Å². The minimum absolute atomic E-state index is 0.273. The summed E-state index contributed by atoms with van der Waals surface area (Å²) in [7, 11) is 0. The summed E-state index contributed by atoms with van der Waals surface area (Å²) >= 11 is 3.41. The first kappa shape index (κ1) is 13.8. The second-order valence-electron chi connectivity index (χ2n) is 4.79. The van der Waals surface area contributed by atoms with E-state index in [4.69, 9.17) is 0 Å². The van der Waals surface area contributed by atoms with Gasteiger partial charge in [0.15, 0.2) is 0 Å². The Hall–Kier alpha value is -2.20. The number of benzene rings is 2. The number of anilines is 1. The van der Waals surface area contributed by atoms with Gasteiger partial charge in [0.1, 0.15) is 0 Å². The fourth-order valence-corrected chi connectivity index (χ4v) is 2.87. The zero-order valence-electron chi connectivity index (χ0n) is 11.3. The van der Waals surface area contributed by atoms with Crippen LogP contribution >= 0.6 is 15.9 Å². The Bertz CT molecular complexity index is 780. The second-order valence-corrected chi connectivity index (χ2v) is 5.71. The highest BCUT2D eigenvalue weighted by Crippen LogP contribution is 2.37. The standard InChI is InChI=1S/C17H12BrNO2/c1-11(20)19-16-8-3-2-7-14(16)15(17(19)21)10-12-5-4-6-13(18)9-12/h2-10H,1H3/b15-10+. The number of fused-ring (bicyclic) bond motifs is 1. The van der Waals surface area contributed by atoms with Gasteiger partial charge in [-0.15, -0.1) is 0 Å². The fourth-order valence-electron chi connectivity index (χ4n) is 2.46. The minimum atomic E-state index is -0.274. The van der Waals surface area contributed by atoms with Crippen molar-refractivity contribution >= 4 is 45.1 Å².